The lowest BCUT2D eigenvalue weighted by atomic mass is 9.93. The van der Waals surface area contributed by atoms with E-state index in [4.69, 9.17) is 9.47 Å². The number of hydrogen-bond acceptors (Lipinski definition) is 3. The van der Waals surface area contributed by atoms with Crippen LogP contribution in [-0.4, -0.2) is 26.1 Å². The lowest BCUT2D eigenvalue weighted by molar-refractivity contribution is 0.101. The first kappa shape index (κ1) is 13.4. The van der Waals surface area contributed by atoms with Gasteiger partial charge in [0.05, 0.1) is 13.7 Å². The molecule has 1 aromatic rings. The van der Waals surface area contributed by atoms with E-state index in [0.29, 0.717) is 6.61 Å². The van der Waals surface area contributed by atoms with Gasteiger partial charge in [-0.05, 0) is 61.4 Å². The number of hydrogen-bond donors (Lipinski definition) is 0. The number of benzene rings is 1. The van der Waals surface area contributed by atoms with Crippen LogP contribution in [0.5, 0.6) is 5.75 Å². The molecule has 0 radical (unpaired) electrons. The zero-order chi connectivity index (χ0) is 13.9. The smallest absolute Gasteiger partial charge is 0.189 e. The summed E-state index contributed by atoms with van der Waals surface area (Å²) in [5.74, 6) is 1.02. The molecule has 0 aromatic heterocycles. The SMILES string of the molecule is COc1ccc2c(c1)CCC/C(=C1/CCCOC1)C2=O. The molecule has 0 N–H and O–H groups in total. The van der Waals surface area contributed by atoms with Gasteiger partial charge in [0.1, 0.15) is 5.75 Å². The first-order valence-electron chi connectivity index (χ1n) is 7.30. The third-order valence-corrected chi connectivity index (χ3v) is 4.17. The monoisotopic (exact) mass is 272 g/mol. The van der Waals surface area contributed by atoms with Crippen LogP contribution in [-0.2, 0) is 11.2 Å². The number of carbonyl (C=O) groups is 1. The minimum Gasteiger partial charge on any atom is -0.497 e. The Morgan fingerprint density at radius 1 is 1.15 bits per heavy atom. The Bertz CT molecular complexity index is 549. The van der Waals surface area contributed by atoms with Crippen molar-refractivity contribution >= 4 is 5.78 Å². The fraction of sp³-hybridized carbons (Fsp3) is 0.471. The lowest BCUT2D eigenvalue weighted by Gasteiger charge is -2.18. The average molecular weight is 272 g/mol. The van der Waals surface area contributed by atoms with Gasteiger partial charge in [-0.3, -0.25) is 4.79 Å². The second kappa shape index (κ2) is 5.80. The first-order valence-corrected chi connectivity index (χ1v) is 7.30. The van der Waals surface area contributed by atoms with Crippen LogP contribution in [0.1, 0.15) is 41.6 Å². The molecule has 1 fully saturated rings. The van der Waals surface area contributed by atoms with Crippen molar-refractivity contribution < 1.29 is 14.3 Å². The predicted molar refractivity (Wildman–Crippen MR) is 77.3 cm³/mol. The van der Waals surface area contributed by atoms with Crippen molar-refractivity contribution in [3.8, 4) is 5.75 Å². The van der Waals surface area contributed by atoms with Gasteiger partial charge in [0.15, 0.2) is 5.78 Å². The molecule has 3 heteroatoms. The highest BCUT2D eigenvalue weighted by Crippen LogP contribution is 2.30. The van der Waals surface area contributed by atoms with E-state index in [2.05, 4.69) is 0 Å². The maximum Gasteiger partial charge on any atom is 0.189 e. The van der Waals surface area contributed by atoms with Crippen LogP contribution in [0.25, 0.3) is 0 Å². The van der Waals surface area contributed by atoms with Gasteiger partial charge < -0.3 is 9.47 Å². The van der Waals surface area contributed by atoms with Crippen molar-refractivity contribution in [2.24, 2.45) is 0 Å². The summed E-state index contributed by atoms with van der Waals surface area (Å²) in [6, 6.07) is 5.78. The predicted octanol–water partition coefficient (Wildman–Crippen LogP) is 3.32. The quantitative estimate of drug-likeness (QED) is 0.581. The standard InChI is InChI=1S/C17H20O3/c1-19-14-7-8-16-12(10-14)4-2-6-15(17(16)18)13-5-3-9-20-11-13/h7-8,10H,2-6,9,11H2,1H3/b15-13+. The van der Waals surface area contributed by atoms with Crippen LogP contribution in [0.15, 0.2) is 29.3 Å². The van der Waals surface area contributed by atoms with Crippen LogP contribution in [0.2, 0.25) is 0 Å². The van der Waals surface area contributed by atoms with Gasteiger partial charge in [0.2, 0.25) is 0 Å². The normalized spacial score (nSPS) is 23.1. The van der Waals surface area contributed by atoms with Crippen molar-refractivity contribution in [2.75, 3.05) is 20.3 Å². The number of allylic oxidation sites excluding steroid dienone is 1. The van der Waals surface area contributed by atoms with Gasteiger partial charge in [-0.15, -0.1) is 0 Å². The number of ether oxygens (including phenoxy) is 2. The molecule has 1 aromatic carbocycles. The molecule has 106 valence electrons. The third-order valence-electron chi connectivity index (χ3n) is 4.17. The zero-order valence-electron chi connectivity index (χ0n) is 11.9. The van der Waals surface area contributed by atoms with Gasteiger partial charge >= 0.3 is 0 Å². The van der Waals surface area contributed by atoms with E-state index in [1.807, 2.05) is 18.2 Å². The average Bonchev–Trinajstić information content (AvgIpc) is 2.67. The summed E-state index contributed by atoms with van der Waals surface area (Å²) in [4.78, 5) is 12.8. The highest BCUT2D eigenvalue weighted by molar-refractivity contribution is 6.10. The minimum absolute atomic E-state index is 0.195. The van der Waals surface area contributed by atoms with Crippen molar-refractivity contribution in [1.82, 2.24) is 0 Å². The summed E-state index contributed by atoms with van der Waals surface area (Å²) < 4.78 is 10.8. The number of Topliss-reactive ketones (excluding diaryl/α,β-unsaturated/α-hetero) is 1. The highest BCUT2D eigenvalue weighted by Gasteiger charge is 2.24. The maximum absolute atomic E-state index is 12.8. The van der Waals surface area contributed by atoms with Crippen molar-refractivity contribution in [3.05, 3.63) is 40.5 Å². The summed E-state index contributed by atoms with van der Waals surface area (Å²) in [5, 5.41) is 0. The molecule has 1 aliphatic carbocycles. The van der Waals surface area contributed by atoms with E-state index in [1.54, 1.807) is 7.11 Å². The minimum atomic E-state index is 0.195. The number of carbonyl (C=O) groups excluding carboxylic acids is 1. The van der Waals surface area contributed by atoms with E-state index in [0.717, 1.165) is 61.2 Å². The number of methoxy groups -OCH3 is 1. The van der Waals surface area contributed by atoms with Crippen molar-refractivity contribution in [3.63, 3.8) is 0 Å². The Morgan fingerprint density at radius 3 is 2.80 bits per heavy atom. The number of rotatable bonds is 1. The maximum atomic E-state index is 12.8. The fourth-order valence-corrected chi connectivity index (χ4v) is 3.09. The third kappa shape index (κ3) is 2.50. The molecule has 20 heavy (non-hydrogen) atoms. The molecule has 0 spiro atoms. The van der Waals surface area contributed by atoms with Gasteiger partial charge in [0.25, 0.3) is 0 Å². The summed E-state index contributed by atoms with van der Waals surface area (Å²) in [5.41, 5.74) is 4.16. The van der Waals surface area contributed by atoms with Crippen LogP contribution in [0.3, 0.4) is 0 Å². The van der Waals surface area contributed by atoms with Crippen LogP contribution in [0.4, 0.5) is 0 Å². The first-order chi connectivity index (χ1) is 9.79. The van der Waals surface area contributed by atoms with E-state index in [9.17, 15) is 4.79 Å². The van der Waals surface area contributed by atoms with E-state index >= 15 is 0 Å². The molecule has 0 atom stereocenters. The number of ketones is 1. The molecule has 0 bridgehead atoms. The Hall–Kier alpha value is -1.61. The second-order valence-corrected chi connectivity index (χ2v) is 5.44. The molecule has 1 saturated heterocycles. The molecular formula is C17H20O3. The largest absolute Gasteiger partial charge is 0.497 e. The molecule has 3 nitrogen and oxygen atoms in total. The van der Waals surface area contributed by atoms with Crippen molar-refractivity contribution in [1.29, 1.82) is 0 Å². The van der Waals surface area contributed by atoms with Gasteiger partial charge in [-0.1, -0.05) is 0 Å². The zero-order valence-corrected chi connectivity index (χ0v) is 11.9. The molecule has 0 unspecified atom stereocenters. The van der Waals surface area contributed by atoms with Crippen LogP contribution < -0.4 is 4.74 Å². The molecule has 1 aliphatic heterocycles. The van der Waals surface area contributed by atoms with E-state index in [-0.39, 0.29) is 5.78 Å². The topological polar surface area (TPSA) is 35.5 Å². The summed E-state index contributed by atoms with van der Waals surface area (Å²) in [7, 11) is 1.66. The van der Waals surface area contributed by atoms with Gasteiger partial charge in [-0.2, -0.15) is 0 Å². The van der Waals surface area contributed by atoms with Gasteiger partial charge in [-0.25, -0.2) is 0 Å². The Morgan fingerprint density at radius 2 is 2.05 bits per heavy atom. The lowest BCUT2D eigenvalue weighted by Crippen LogP contribution is -2.14. The Balaban J connectivity index is 1.99. The molecular weight excluding hydrogens is 252 g/mol. The molecule has 0 saturated carbocycles. The number of fused-ring (bicyclic) bond motifs is 1. The summed E-state index contributed by atoms with van der Waals surface area (Å²) >= 11 is 0. The van der Waals surface area contributed by atoms with Gasteiger partial charge in [0, 0.05) is 17.7 Å². The van der Waals surface area contributed by atoms with Crippen LogP contribution >= 0.6 is 0 Å². The fourth-order valence-electron chi connectivity index (χ4n) is 3.09. The molecule has 0 amide bonds. The highest BCUT2D eigenvalue weighted by atomic mass is 16.5. The Labute approximate surface area is 119 Å². The molecule has 1 heterocycles. The van der Waals surface area contributed by atoms with E-state index < -0.39 is 0 Å². The second-order valence-electron chi connectivity index (χ2n) is 5.44. The summed E-state index contributed by atoms with van der Waals surface area (Å²) in [6.45, 7) is 1.45. The molecule has 2 aliphatic rings. The number of aryl methyl sites for hydroxylation is 1. The molecule has 3 rings (SSSR count). The Kier molecular flexibility index (Phi) is 3.88. The van der Waals surface area contributed by atoms with Crippen LogP contribution in [0, 0.1) is 0 Å². The van der Waals surface area contributed by atoms with E-state index in [1.165, 1.54) is 5.57 Å². The summed E-state index contributed by atoms with van der Waals surface area (Å²) in [6.07, 6.45) is 4.86. The van der Waals surface area contributed by atoms with Crippen molar-refractivity contribution in [2.45, 2.75) is 32.1 Å².